The number of rotatable bonds is 3. The summed E-state index contributed by atoms with van der Waals surface area (Å²) in [5.74, 6) is 0. The summed E-state index contributed by atoms with van der Waals surface area (Å²) in [4.78, 5) is 2.88. The molecule has 0 amide bonds. The van der Waals surface area contributed by atoms with E-state index in [2.05, 4.69) is 39.8 Å². The van der Waals surface area contributed by atoms with Crippen molar-refractivity contribution in [2.24, 2.45) is 5.73 Å². The summed E-state index contributed by atoms with van der Waals surface area (Å²) >= 11 is 1.90. The second-order valence-electron chi connectivity index (χ2n) is 4.89. The first-order valence-electron chi connectivity index (χ1n) is 5.28. The highest BCUT2D eigenvalue weighted by atomic mass is 32.1. The molecule has 0 fully saturated rings. The predicted molar refractivity (Wildman–Crippen MR) is 65.0 cm³/mol. The normalized spacial score (nSPS) is 14.4. The molecular weight excluding hydrogens is 190 g/mol. The van der Waals surface area contributed by atoms with Crippen LogP contribution in [0.3, 0.4) is 0 Å². The lowest BCUT2D eigenvalue weighted by molar-refractivity contribution is 0.604. The Hall–Kier alpha value is -0.340. The van der Waals surface area contributed by atoms with Gasteiger partial charge in [0.05, 0.1) is 0 Å². The quantitative estimate of drug-likeness (QED) is 0.815. The minimum atomic E-state index is 0.277. The Morgan fingerprint density at radius 3 is 2.43 bits per heavy atom. The Morgan fingerprint density at radius 1 is 1.36 bits per heavy atom. The van der Waals surface area contributed by atoms with Gasteiger partial charge in [0.2, 0.25) is 0 Å². The number of hydrogen-bond acceptors (Lipinski definition) is 2. The molecule has 80 valence electrons. The molecule has 0 aliphatic rings. The minimum Gasteiger partial charge on any atom is -0.327 e. The zero-order chi connectivity index (χ0) is 10.8. The molecule has 1 rings (SSSR count). The smallest absolute Gasteiger partial charge is 0.0102 e. The molecule has 0 aliphatic heterocycles. The van der Waals surface area contributed by atoms with Crippen molar-refractivity contribution in [3.63, 3.8) is 0 Å². The van der Waals surface area contributed by atoms with Crippen LogP contribution in [-0.4, -0.2) is 6.04 Å². The largest absolute Gasteiger partial charge is 0.327 e. The molecule has 1 aromatic rings. The number of thiophene rings is 1. The van der Waals surface area contributed by atoms with Crippen LogP contribution in [0.25, 0.3) is 0 Å². The van der Waals surface area contributed by atoms with E-state index >= 15 is 0 Å². The first kappa shape index (κ1) is 11.7. The lowest BCUT2D eigenvalue weighted by Crippen LogP contribution is -2.20. The third kappa shape index (κ3) is 3.10. The average molecular weight is 211 g/mol. The average Bonchev–Trinajstić information content (AvgIpc) is 2.51. The standard InChI is InChI=1S/C12H21NS/c1-5-9(13)8-10-6-7-11(14-10)12(2,3)4/h6-7,9H,5,8,13H2,1-4H3. The monoisotopic (exact) mass is 211 g/mol. The van der Waals surface area contributed by atoms with Gasteiger partial charge in [-0.15, -0.1) is 11.3 Å². The van der Waals surface area contributed by atoms with Crippen molar-refractivity contribution in [2.75, 3.05) is 0 Å². The van der Waals surface area contributed by atoms with E-state index in [1.54, 1.807) is 0 Å². The van der Waals surface area contributed by atoms with Crippen molar-refractivity contribution in [3.8, 4) is 0 Å². The van der Waals surface area contributed by atoms with E-state index in [1.807, 2.05) is 11.3 Å². The molecule has 2 N–H and O–H groups in total. The van der Waals surface area contributed by atoms with E-state index in [0.717, 1.165) is 12.8 Å². The number of nitrogens with two attached hydrogens (primary N) is 1. The molecule has 0 bridgehead atoms. The summed E-state index contributed by atoms with van der Waals surface area (Å²) in [5.41, 5.74) is 6.21. The van der Waals surface area contributed by atoms with Crippen LogP contribution in [0.4, 0.5) is 0 Å². The third-order valence-electron chi connectivity index (χ3n) is 2.39. The van der Waals surface area contributed by atoms with Crippen molar-refractivity contribution in [3.05, 3.63) is 21.9 Å². The van der Waals surface area contributed by atoms with Crippen LogP contribution in [0, 0.1) is 0 Å². The molecule has 1 atom stereocenters. The van der Waals surface area contributed by atoms with Gasteiger partial charge in [-0.25, -0.2) is 0 Å². The molecule has 0 saturated carbocycles. The molecule has 1 nitrogen and oxygen atoms in total. The van der Waals surface area contributed by atoms with Crippen LogP contribution in [-0.2, 0) is 11.8 Å². The topological polar surface area (TPSA) is 26.0 Å². The van der Waals surface area contributed by atoms with Crippen LogP contribution in [0.1, 0.15) is 43.9 Å². The van der Waals surface area contributed by atoms with Crippen LogP contribution in [0.2, 0.25) is 0 Å². The molecule has 0 spiro atoms. The van der Waals surface area contributed by atoms with Gasteiger partial charge in [0.15, 0.2) is 0 Å². The maximum absolute atomic E-state index is 5.93. The van der Waals surface area contributed by atoms with E-state index in [-0.39, 0.29) is 5.41 Å². The summed E-state index contributed by atoms with van der Waals surface area (Å²) in [6.45, 7) is 8.90. The zero-order valence-electron chi connectivity index (χ0n) is 9.63. The van der Waals surface area contributed by atoms with Gasteiger partial charge in [0.25, 0.3) is 0 Å². The predicted octanol–water partition coefficient (Wildman–Crippen LogP) is 3.33. The fraction of sp³-hybridized carbons (Fsp3) is 0.667. The van der Waals surface area contributed by atoms with E-state index < -0.39 is 0 Å². The fourth-order valence-electron chi connectivity index (χ4n) is 1.29. The van der Waals surface area contributed by atoms with Gasteiger partial charge in [0.1, 0.15) is 0 Å². The highest BCUT2D eigenvalue weighted by molar-refractivity contribution is 7.12. The summed E-state index contributed by atoms with van der Waals surface area (Å²) in [5, 5.41) is 0. The zero-order valence-corrected chi connectivity index (χ0v) is 10.4. The summed E-state index contributed by atoms with van der Waals surface area (Å²) in [6.07, 6.45) is 2.08. The fourth-order valence-corrected chi connectivity index (χ4v) is 2.45. The van der Waals surface area contributed by atoms with Crippen molar-refractivity contribution in [1.29, 1.82) is 0 Å². The molecule has 0 aliphatic carbocycles. The van der Waals surface area contributed by atoms with Gasteiger partial charge >= 0.3 is 0 Å². The summed E-state index contributed by atoms with van der Waals surface area (Å²) in [7, 11) is 0. The van der Waals surface area contributed by atoms with E-state index in [0.29, 0.717) is 6.04 Å². The van der Waals surface area contributed by atoms with Crippen molar-refractivity contribution >= 4 is 11.3 Å². The lowest BCUT2D eigenvalue weighted by Gasteiger charge is -2.15. The molecule has 0 radical (unpaired) electrons. The van der Waals surface area contributed by atoms with Gasteiger partial charge in [0, 0.05) is 15.8 Å². The van der Waals surface area contributed by atoms with Crippen LogP contribution >= 0.6 is 11.3 Å². The second-order valence-corrected chi connectivity index (χ2v) is 6.06. The molecule has 14 heavy (non-hydrogen) atoms. The minimum absolute atomic E-state index is 0.277. The van der Waals surface area contributed by atoms with Crippen molar-refractivity contribution in [1.82, 2.24) is 0 Å². The van der Waals surface area contributed by atoms with E-state index in [9.17, 15) is 0 Å². The first-order chi connectivity index (χ1) is 6.43. The van der Waals surface area contributed by atoms with Crippen molar-refractivity contribution < 1.29 is 0 Å². The van der Waals surface area contributed by atoms with Gasteiger partial charge in [-0.1, -0.05) is 27.7 Å². The maximum Gasteiger partial charge on any atom is 0.0102 e. The molecule has 1 unspecified atom stereocenters. The summed E-state index contributed by atoms with van der Waals surface area (Å²) in [6, 6.07) is 4.78. The third-order valence-corrected chi connectivity index (χ3v) is 3.92. The van der Waals surface area contributed by atoms with E-state index in [1.165, 1.54) is 9.75 Å². The van der Waals surface area contributed by atoms with Gasteiger partial charge in [-0.3, -0.25) is 0 Å². The Labute approximate surface area is 91.3 Å². The first-order valence-corrected chi connectivity index (χ1v) is 6.10. The van der Waals surface area contributed by atoms with Crippen LogP contribution < -0.4 is 5.73 Å². The molecule has 1 aromatic heterocycles. The van der Waals surface area contributed by atoms with E-state index in [4.69, 9.17) is 5.73 Å². The van der Waals surface area contributed by atoms with Crippen LogP contribution in [0.15, 0.2) is 12.1 Å². The molecule has 0 saturated heterocycles. The Morgan fingerprint density at radius 2 is 2.00 bits per heavy atom. The maximum atomic E-state index is 5.93. The highest BCUT2D eigenvalue weighted by Crippen LogP contribution is 2.29. The Bertz CT molecular complexity index is 283. The molecule has 1 heterocycles. The molecule has 2 heteroatoms. The lowest BCUT2D eigenvalue weighted by atomic mass is 9.95. The molecule has 0 aromatic carbocycles. The summed E-state index contributed by atoms with van der Waals surface area (Å²) < 4.78 is 0. The highest BCUT2D eigenvalue weighted by Gasteiger charge is 2.16. The van der Waals surface area contributed by atoms with Crippen molar-refractivity contribution in [2.45, 2.75) is 52.0 Å². The number of hydrogen-bond donors (Lipinski definition) is 1. The van der Waals surface area contributed by atoms with Gasteiger partial charge in [-0.2, -0.15) is 0 Å². The second kappa shape index (κ2) is 4.45. The Kier molecular flexibility index (Phi) is 3.73. The van der Waals surface area contributed by atoms with Gasteiger partial charge < -0.3 is 5.73 Å². The SMILES string of the molecule is CCC(N)Cc1ccc(C(C)(C)C)s1. The van der Waals surface area contributed by atoms with Crippen LogP contribution in [0.5, 0.6) is 0 Å². The van der Waals surface area contributed by atoms with Gasteiger partial charge in [-0.05, 0) is 30.4 Å². The Balaban J connectivity index is 2.69. The molecular formula is C12H21NS.